The second kappa shape index (κ2) is 4.69. The molecule has 1 saturated carbocycles. The van der Waals surface area contributed by atoms with Crippen molar-refractivity contribution < 1.29 is 8.91 Å². The predicted molar refractivity (Wildman–Crippen MR) is 77.5 cm³/mol. The first-order chi connectivity index (χ1) is 10.3. The summed E-state index contributed by atoms with van der Waals surface area (Å²) in [4.78, 5) is 4.51. The Morgan fingerprint density at radius 2 is 2.24 bits per heavy atom. The number of hydrogen-bond acceptors (Lipinski definition) is 3. The molecule has 2 aromatic heterocycles. The first kappa shape index (κ1) is 12.6. The molecular formula is C16H16FN3O. The monoisotopic (exact) mass is 285 g/mol. The van der Waals surface area contributed by atoms with E-state index in [1.54, 1.807) is 12.3 Å². The molecule has 4 nitrogen and oxygen atoms in total. The smallest absolute Gasteiger partial charge is 0.151 e. The zero-order chi connectivity index (χ0) is 14.4. The lowest BCUT2D eigenvalue weighted by Gasteiger charge is -2.23. The molecule has 2 heterocycles. The van der Waals surface area contributed by atoms with Gasteiger partial charge in [-0.1, -0.05) is 17.6 Å². The molecule has 1 aliphatic rings. The van der Waals surface area contributed by atoms with Crippen LogP contribution in [0.1, 0.15) is 37.8 Å². The van der Waals surface area contributed by atoms with Crippen molar-refractivity contribution in [3.05, 3.63) is 36.0 Å². The van der Waals surface area contributed by atoms with Gasteiger partial charge in [0, 0.05) is 12.5 Å². The second-order valence-electron chi connectivity index (χ2n) is 5.53. The van der Waals surface area contributed by atoms with Crippen LogP contribution in [-0.2, 0) is 6.54 Å². The minimum Gasteiger partial charge on any atom is -0.364 e. The quantitative estimate of drug-likeness (QED) is 0.727. The third-order valence-electron chi connectivity index (χ3n) is 4.38. The van der Waals surface area contributed by atoms with Crippen molar-refractivity contribution >= 4 is 11.0 Å². The van der Waals surface area contributed by atoms with Crippen LogP contribution in [0, 0.1) is 5.82 Å². The molecule has 1 fully saturated rings. The highest BCUT2D eigenvalue weighted by atomic mass is 19.1. The SMILES string of the molecule is CCn1c(-c2conc2C2CCC2)nc2c(F)cccc21. The number of aromatic nitrogens is 3. The fourth-order valence-electron chi connectivity index (χ4n) is 3.03. The topological polar surface area (TPSA) is 43.9 Å². The van der Waals surface area contributed by atoms with E-state index in [9.17, 15) is 4.39 Å². The van der Waals surface area contributed by atoms with Gasteiger partial charge < -0.3 is 9.09 Å². The predicted octanol–water partition coefficient (Wildman–Crippen LogP) is 4.12. The van der Waals surface area contributed by atoms with Crippen molar-refractivity contribution in [2.24, 2.45) is 0 Å². The summed E-state index contributed by atoms with van der Waals surface area (Å²) in [5.74, 6) is 0.914. The Morgan fingerprint density at radius 1 is 1.38 bits per heavy atom. The Labute approximate surface area is 121 Å². The molecule has 0 bridgehead atoms. The minimum atomic E-state index is -0.289. The third-order valence-corrected chi connectivity index (χ3v) is 4.38. The Kier molecular flexibility index (Phi) is 2.80. The van der Waals surface area contributed by atoms with Crippen molar-refractivity contribution in [3.63, 3.8) is 0 Å². The highest BCUT2D eigenvalue weighted by Gasteiger charge is 2.28. The second-order valence-corrected chi connectivity index (χ2v) is 5.53. The van der Waals surface area contributed by atoms with Crippen LogP contribution >= 0.6 is 0 Å². The van der Waals surface area contributed by atoms with Gasteiger partial charge in [0.25, 0.3) is 0 Å². The molecule has 21 heavy (non-hydrogen) atoms. The van der Waals surface area contributed by atoms with E-state index in [0.29, 0.717) is 11.4 Å². The molecule has 5 heteroatoms. The molecule has 0 atom stereocenters. The molecule has 0 radical (unpaired) electrons. The zero-order valence-electron chi connectivity index (χ0n) is 11.8. The summed E-state index contributed by atoms with van der Waals surface area (Å²) in [6.45, 7) is 2.76. The van der Waals surface area contributed by atoms with Crippen LogP contribution in [0.4, 0.5) is 4.39 Å². The first-order valence-electron chi connectivity index (χ1n) is 7.39. The van der Waals surface area contributed by atoms with Crippen LogP contribution in [0.25, 0.3) is 22.4 Å². The normalized spacial score (nSPS) is 15.5. The van der Waals surface area contributed by atoms with Crippen molar-refractivity contribution in [1.29, 1.82) is 0 Å². The maximum Gasteiger partial charge on any atom is 0.151 e. The number of halogens is 1. The van der Waals surface area contributed by atoms with Crippen LogP contribution in [0.3, 0.4) is 0 Å². The lowest BCUT2D eigenvalue weighted by atomic mass is 9.81. The van der Waals surface area contributed by atoms with E-state index in [4.69, 9.17) is 4.52 Å². The van der Waals surface area contributed by atoms with E-state index >= 15 is 0 Å². The van der Waals surface area contributed by atoms with E-state index < -0.39 is 0 Å². The number of nitrogens with zero attached hydrogens (tertiary/aromatic N) is 3. The van der Waals surface area contributed by atoms with Crippen LogP contribution < -0.4 is 0 Å². The summed E-state index contributed by atoms with van der Waals surface area (Å²) in [6.07, 6.45) is 5.15. The van der Waals surface area contributed by atoms with Gasteiger partial charge in [-0.15, -0.1) is 0 Å². The van der Waals surface area contributed by atoms with Gasteiger partial charge >= 0.3 is 0 Å². The Hall–Kier alpha value is -2.17. The van der Waals surface area contributed by atoms with Gasteiger partial charge in [-0.3, -0.25) is 0 Å². The van der Waals surface area contributed by atoms with Crippen LogP contribution in [0.15, 0.2) is 29.0 Å². The molecule has 0 N–H and O–H groups in total. The average Bonchev–Trinajstić information content (AvgIpc) is 3.01. The maximum absolute atomic E-state index is 14.0. The van der Waals surface area contributed by atoms with Crippen LogP contribution in [0.5, 0.6) is 0 Å². The summed E-state index contributed by atoms with van der Waals surface area (Å²) in [6, 6.07) is 5.06. The summed E-state index contributed by atoms with van der Waals surface area (Å²) in [7, 11) is 0. The summed E-state index contributed by atoms with van der Waals surface area (Å²) < 4.78 is 21.2. The Morgan fingerprint density at radius 3 is 2.95 bits per heavy atom. The summed E-state index contributed by atoms with van der Waals surface area (Å²) in [5.41, 5.74) is 3.09. The van der Waals surface area contributed by atoms with E-state index in [1.165, 1.54) is 12.5 Å². The molecule has 0 unspecified atom stereocenters. The third kappa shape index (κ3) is 1.80. The molecule has 3 aromatic rings. The molecule has 1 aliphatic carbocycles. The van der Waals surface area contributed by atoms with Crippen molar-refractivity contribution in [2.45, 2.75) is 38.6 Å². The molecule has 108 valence electrons. The summed E-state index contributed by atoms with van der Waals surface area (Å²) >= 11 is 0. The highest BCUT2D eigenvalue weighted by Crippen LogP contribution is 2.40. The van der Waals surface area contributed by atoms with Gasteiger partial charge in [0.2, 0.25) is 0 Å². The van der Waals surface area contributed by atoms with E-state index in [2.05, 4.69) is 10.1 Å². The molecular weight excluding hydrogens is 269 g/mol. The van der Waals surface area contributed by atoms with Gasteiger partial charge in [0.15, 0.2) is 5.82 Å². The maximum atomic E-state index is 14.0. The van der Waals surface area contributed by atoms with Crippen molar-refractivity contribution in [2.75, 3.05) is 0 Å². The highest BCUT2D eigenvalue weighted by molar-refractivity contribution is 5.81. The molecule has 0 amide bonds. The first-order valence-corrected chi connectivity index (χ1v) is 7.39. The Balaban J connectivity index is 1.94. The number of rotatable bonds is 3. The molecule has 4 rings (SSSR count). The van der Waals surface area contributed by atoms with Crippen LogP contribution in [-0.4, -0.2) is 14.7 Å². The van der Waals surface area contributed by atoms with E-state index in [-0.39, 0.29) is 5.82 Å². The average molecular weight is 285 g/mol. The van der Waals surface area contributed by atoms with Crippen molar-refractivity contribution in [1.82, 2.24) is 14.7 Å². The van der Waals surface area contributed by atoms with E-state index in [1.807, 2.05) is 17.6 Å². The Bertz CT molecular complexity index is 801. The minimum absolute atomic E-state index is 0.289. The molecule has 0 aliphatic heterocycles. The zero-order valence-corrected chi connectivity index (χ0v) is 11.8. The number of imidazole rings is 1. The van der Waals surface area contributed by atoms with Gasteiger partial charge in [-0.2, -0.15) is 0 Å². The fourth-order valence-corrected chi connectivity index (χ4v) is 3.03. The molecule has 1 aromatic carbocycles. The number of fused-ring (bicyclic) bond motifs is 1. The van der Waals surface area contributed by atoms with Gasteiger partial charge in [0.1, 0.15) is 17.6 Å². The largest absolute Gasteiger partial charge is 0.364 e. The lowest BCUT2D eigenvalue weighted by Crippen LogP contribution is -2.11. The number of benzene rings is 1. The van der Waals surface area contributed by atoms with Gasteiger partial charge in [-0.25, -0.2) is 9.37 Å². The number of hydrogen-bond donors (Lipinski definition) is 0. The van der Waals surface area contributed by atoms with E-state index in [0.717, 1.165) is 42.0 Å². The number of para-hydroxylation sites is 1. The fraction of sp³-hybridized carbons (Fsp3) is 0.375. The molecule has 0 spiro atoms. The number of aryl methyl sites for hydroxylation is 1. The van der Waals surface area contributed by atoms with Gasteiger partial charge in [0.05, 0.1) is 16.8 Å². The van der Waals surface area contributed by atoms with Crippen molar-refractivity contribution in [3.8, 4) is 11.4 Å². The lowest BCUT2D eigenvalue weighted by molar-refractivity contribution is 0.363. The standard InChI is InChI=1S/C16H16FN3O/c1-2-20-13-8-4-7-12(17)15(13)18-16(20)11-9-21-19-14(11)10-5-3-6-10/h4,7-10H,2-3,5-6H2,1H3. The van der Waals surface area contributed by atoms with Crippen LogP contribution in [0.2, 0.25) is 0 Å². The summed E-state index contributed by atoms with van der Waals surface area (Å²) in [5, 5.41) is 4.16. The molecule has 0 saturated heterocycles. The van der Waals surface area contributed by atoms with Gasteiger partial charge in [-0.05, 0) is 31.9 Å².